The molecule has 3 fully saturated rings. The number of carbonyl (C=O) groups is 6. The highest BCUT2D eigenvalue weighted by Gasteiger charge is 2.45. The van der Waals surface area contributed by atoms with Crippen molar-refractivity contribution in [1.82, 2.24) is 40.2 Å². The molecule has 6 amide bonds. The van der Waals surface area contributed by atoms with Crippen molar-refractivity contribution < 1.29 is 43.3 Å². The third-order valence-electron chi connectivity index (χ3n) is 14.6. The number of carbonyl (C=O) groups excluding carboxylic acids is 6. The standard InChI is InChI=1S/C57H72N10O9S3/c1-35-29-46(75-8)44(54(73)66-24-22-64(23-25-66)38(4)68)31-47(35)78-49-32-58-56(79-49)62-52(71)41-13-15-42(16-14-41)65-20-18-63(19-21-65)26-28-76-27-17-48(70)61-51(57(5,6)7)55(74)67-33-43(69)30-45(67)53(72)60-36(2)39-9-11-40(12-10-39)50-37(3)59-34-77-50/h9-16,29,31-32,34,36,43,45,51,69H,17-28,30,33H2,1-8H3,(H,60,72)(H,61,70)(H,58,62,71)/t36?,43-,45+,51?/m1/s1. The molecule has 3 aliphatic heterocycles. The Labute approximate surface area is 474 Å². The summed E-state index contributed by atoms with van der Waals surface area (Å²) in [6, 6.07) is 17.0. The van der Waals surface area contributed by atoms with Gasteiger partial charge in [-0.1, -0.05) is 68.1 Å². The number of nitrogens with one attached hydrogen (secondary N) is 3. The number of ether oxygens (including phenoxy) is 2. The van der Waals surface area contributed by atoms with Crippen LogP contribution in [-0.2, 0) is 23.9 Å². The van der Waals surface area contributed by atoms with Gasteiger partial charge >= 0.3 is 0 Å². The Balaban J connectivity index is 0.739. The Morgan fingerprint density at radius 3 is 2.22 bits per heavy atom. The highest BCUT2D eigenvalue weighted by molar-refractivity contribution is 8.01. The number of benzene rings is 3. The van der Waals surface area contributed by atoms with E-state index in [4.69, 9.17) is 9.47 Å². The summed E-state index contributed by atoms with van der Waals surface area (Å²) in [5, 5.41) is 20.0. The number of hydrogen-bond donors (Lipinski definition) is 4. The van der Waals surface area contributed by atoms with Crippen LogP contribution >= 0.6 is 34.4 Å². The number of amides is 6. The molecule has 3 aliphatic rings. The van der Waals surface area contributed by atoms with Crippen molar-refractivity contribution in [2.75, 3.05) is 96.0 Å². The van der Waals surface area contributed by atoms with Crippen LogP contribution in [0.5, 0.6) is 5.75 Å². The molecule has 8 rings (SSSR count). The van der Waals surface area contributed by atoms with Crippen molar-refractivity contribution in [1.29, 1.82) is 0 Å². The maximum atomic E-state index is 14.2. The fourth-order valence-corrected chi connectivity index (χ4v) is 12.7. The zero-order chi connectivity index (χ0) is 56.5. The van der Waals surface area contributed by atoms with E-state index in [0.717, 1.165) is 68.2 Å². The molecule has 3 aromatic carbocycles. The second kappa shape index (κ2) is 26.2. The van der Waals surface area contributed by atoms with Crippen molar-refractivity contribution in [3.8, 4) is 16.2 Å². The molecule has 422 valence electrons. The summed E-state index contributed by atoms with van der Waals surface area (Å²) in [7, 11) is 1.55. The topological polar surface area (TPSA) is 219 Å². The predicted molar refractivity (Wildman–Crippen MR) is 307 cm³/mol. The number of likely N-dealkylation sites (tertiary alicyclic amines) is 1. The average Bonchev–Trinajstić information content (AvgIpc) is 4.21. The summed E-state index contributed by atoms with van der Waals surface area (Å²) in [5.41, 5.74) is 6.94. The molecule has 19 nitrogen and oxygen atoms in total. The summed E-state index contributed by atoms with van der Waals surface area (Å²) < 4.78 is 12.3. The van der Waals surface area contributed by atoms with E-state index >= 15 is 0 Å². The monoisotopic (exact) mass is 1140 g/mol. The molecule has 4 atom stereocenters. The number of aliphatic hydroxyl groups excluding tert-OH is 1. The number of thiazole rings is 2. The van der Waals surface area contributed by atoms with E-state index < -0.39 is 29.5 Å². The van der Waals surface area contributed by atoms with Crippen molar-refractivity contribution in [3.05, 3.63) is 100 Å². The number of hydrogen-bond acceptors (Lipinski definition) is 16. The van der Waals surface area contributed by atoms with Crippen molar-refractivity contribution in [2.45, 2.75) is 94.6 Å². The van der Waals surface area contributed by atoms with Gasteiger partial charge in [-0.05, 0) is 79.3 Å². The van der Waals surface area contributed by atoms with Crippen molar-refractivity contribution in [3.63, 3.8) is 0 Å². The highest BCUT2D eigenvalue weighted by Crippen LogP contribution is 2.39. The molecular weight excluding hydrogens is 1060 g/mol. The van der Waals surface area contributed by atoms with E-state index in [1.54, 1.807) is 34.4 Å². The first-order valence-corrected chi connectivity index (χ1v) is 29.2. The minimum atomic E-state index is -0.935. The van der Waals surface area contributed by atoms with Gasteiger partial charge in [0.05, 0.1) is 64.5 Å². The van der Waals surface area contributed by atoms with E-state index in [9.17, 15) is 33.9 Å². The molecule has 0 radical (unpaired) electrons. The highest BCUT2D eigenvalue weighted by atomic mass is 32.2. The zero-order valence-electron chi connectivity index (χ0n) is 46.2. The van der Waals surface area contributed by atoms with Gasteiger partial charge < -0.3 is 44.8 Å². The van der Waals surface area contributed by atoms with Crippen molar-refractivity contribution in [2.24, 2.45) is 5.41 Å². The second-order valence-electron chi connectivity index (χ2n) is 21.3. The van der Waals surface area contributed by atoms with Crippen molar-refractivity contribution >= 4 is 80.7 Å². The van der Waals surface area contributed by atoms with Crippen LogP contribution in [-0.4, -0.2) is 174 Å². The molecule has 22 heteroatoms. The van der Waals surface area contributed by atoms with Gasteiger partial charge in [-0.3, -0.25) is 39.0 Å². The van der Waals surface area contributed by atoms with Crippen LogP contribution in [0.4, 0.5) is 10.8 Å². The first kappa shape index (κ1) is 58.7. The van der Waals surface area contributed by atoms with E-state index in [0.29, 0.717) is 61.3 Å². The van der Waals surface area contributed by atoms with E-state index in [1.165, 1.54) is 34.9 Å². The molecule has 5 heterocycles. The third-order valence-corrected chi connectivity index (χ3v) is 17.8. The Bertz CT molecular complexity index is 2970. The van der Waals surface area contributed by atoms with Gasteiger partial charge in [0.1, 0.15) is 17.8 Å². The minimum Gasteiger partial charge on any atom is -0.496 e. The van der Waals surface area contributed by atoms with Gasteiger partial charge in [0.25, 0.3) is 11.8 Å². The molecule has 2 aromatic heterocycles. The lowest BCUT2D eigenvalue weighted by Crippen LogP contribution is -2.58. The SMILES string of the molecule is COc1cc(C)c(Sc2cnc(NC(=O)c3ccc(N4CCN(CCOCCC(=O)NC(C(=O)N5C[C@H](O)C[C@H]5C(=O)NC(C)c5ccc(-c6scnc6C)cc5)C(C)(C)C)CC4)cc3)s2)cc1C(=O)N1CCN(C(C)=O)CC1. The number of piperazine rings is 2. The van der Waals surface area contributed by atoms with Gasteiger partial charge in [-0.25, -0.2) is 9.97 Å². The molecule has 0 spiro atoms. The molecule has 4 N–H and O–H groups in total. The molecule has 0 bridgehead atoms. The first-order chi connectivity index (χ1) is 37.8. The van der Waals surface area contributed by atoms with Crippen LogP contribution < -0.4 is 25.6 Å². The number of anilines is 2. The second-order valence-corrected chi connectivity index (χ2v) is 24.5. The third kappa shape index (κ3) is 14.9. The van der Waals surface area contributed by atoms with Gasteiger partial charge in [0, 0.05) is 101 Å². The van der Waals surface area contributed by atoms with E-state index in [1.807, 2.05) is 108 Å². The van der Waals surface area contributed by atoms with Crippen LogP contribution in [0.15, 0.2) is 81.5 Å². The normalized spacial score (nSPS) is 17.8. The minimum absolute atomic E-state index is 0.00134. The number of methoxy groups -OCH3 is 1. The molecule has 5 aromatic rings. The number of aliphatic hydroxyl groups is 1. The molecule has 0 saturated carbocycles. The Morgan fingerprint density at radius 1 is 0.873 bits per heavy atom. The van der Waals surface area contributed by atoms with E-state index in [2.05, 4.69) is 35.7 Å². The molecule has 2 unspecified atom stereocenters. The molecule has 3 saturated heterocycles. The summed E-state index contributed by atoms with van der Waals surface area (Å²) in [5.74, 6) is -1.05. The quantitative estimate of drug-likeness (QED) is 0.0650. The number of β-amino-alcohol motifs (C(OH)–C–C–N with tert-alkyl or cyclic N) is 1. The fraction of sp³-hybridized carbons (Fsp3) is 0.474. The molecular formula is C57H72N10O9S3. The summed E-state index contributed by atoms with van der Waals surface area (Å²) in [6.45, 7) is 19.3. The van der Waals surface area contributed by atoms with Crippen LogP contribution in [0, 0.1) is 19.3 Å². The lowest BCUT2D eigenvalue weighted by Gasteiger charge is -2.36. The van der Waals surface area contributed by atoms with Gasteiger partial charge in [0.2, 0.25) is 23.6 Å². The fourth-order valence-electron chi connectivity index (χ4n) is 9.91. The van der Waals surface area contributed by atoms with Gasteiger partial charge in [-0.15, -0.1) is 11.3 Å². The summed E-state index contributed by atoms with van der Waals surface area (Å²) in [4.78, 5) is 100. The number of aromatic nitrogens is 2. The summed E-state index contributed by atoms with van der Waals surface area (Å²) >= 11 is 4.38. The maximum absolute atomic E-state index is 14.2. The Hall–Kier alpha value is -6.43. The largest absolute Gasteiger partial charge is 0.496 e. The van der Waals surface area contributed by atoms with E-state index in [-0.39, 0.29) is 61.6 Å². The lowest BCUT2D eigenvalue weighted by atomic mass is 9.85. The number of rotatable bonds is 19. The Morgan fingerprint density at radius 2 is 1.57 bits per heavy atom. The number of aryl methyl sites for hydroxylation is 2. The molecule has 79 heavy (non-hydrogen) atoms. The first-order valence-electron chi connectivity index (χ1n) is 26.7. The Kier molecular flexibility index (Phi) is 19.5. The van der Waals surface area contributed by atoms with Crippen LogP contribution in [0.3, 0.4) is 0 Å². The van der Waals surface area contributed by atoms with Crippen LogP contribution in [0.2, 0.25) is 0 Å². The lowest BCUT2D eigenvalue weighted by molar-refractivity contribution is -0.144. The van der Waals surface area contributed by atoms with Crippen LogP contribution in [0.25, 0.3) is 10.4 Å². The molecule has 0 aliphatic carbocycles. The number of nitrogens with zero attached hydrogens (tertiary/aromatic N) is 7. The zero-order valence-corrected chi connectivity index (χ0v) is 48.7. The van der Waals surface area contributed by atoms with Gasteiger partial charge in [0.15, 0.2) is 5.13 Å². The average molecular weight is 1140 g/mol. The summed E-state index contributed by atoms with van der Waals surface area (Å²) in [6.07, 6.45) is 0.980. The smallest absolute Gasteiger partial charge is 0.257 e. The van der Waals surface area contributed by atoms with Crippen LogP contribution in [0.1, 0.15) is 91.0 Å². The maximum Gasteiger partial charge on any atom is 0.257 e. The predicted octanol–water partition coefficient (Wildman–Crippen LogP) is 6.50. The van der Waals surface area contributed by atoms with Gasteiger partial charge in [-0.2, -0.15) is 0 Å².